The quantitative estimate of drug-likeness (QED) is 0.726. The second-order valence-corrected chi connectivity index (χ2v) is 4.81. The summed E-state index contributed by atoms with van der Waals surface area (Å²) >= 11 is 0. The molecule has 1 amide bonds. The van der Waals surface area contributed by atoms with Gasteiger partial charge in [0, 0.05) is 24.5 Å². The van der Waals surface area contributed by atoms with Crippen molar-refractivity contribution in [3.8, 4) is 17.3 Å². The van der Waals surface area contributed by atoms with Crippen molar-refractivity contribution in [2.45, 2.75) is 0 Å². The van der Waals surface area contributed by atoms with E-state index in [2.05, 4.69) is 16.2 Å². The van der Waals surface area contributed by atoms with Gasteiger partial charge >= 0.3 is 6.09 Å². The molecule has 0 radical (unpaired) electrons. The molecule has 0 atom stereocenters. The van der Waals surface area contributed by atoms with Gasteiger partial charge in [-0.15, -0.1) is 0 Å². The zero-order valence-corrected chi connectivity index (χ0v) is 12.6. The molecule has 0 saturated carbocycles. The average Bonchev–Trinajstić information content (AvgIpc) is 3.03. The molecule has 0 N–H and O–H groups in total. The van der Waals surface area contributed by atoms with Gasteiger partial charge in [-0.25, -0.2) is 14.3 Å². The molecule has 0 unspecified atom stereocenters. The van der Waals surface area contributed by atoms with Gasteiger partial charge in [0.05, 0.1) is 19.0 Å². The number of carbonyl (C=O) groups is 1. The van der Waals surface area contributed by atoms with Crippen LogP contribution in [0, 0.1) is 11.3 Å². The molecular weight excluding hydrogens is 294 g/mol. The molecule has 23 heavy (non-hydrogen) atoms. The fourth-order valence-electron chi connectivity index (χ4n) is 2.31. The van der Waals surface area contributed by atoms with Gasteiger partial charge in [0.15, 0.2) is 5.65 Å². The maximum absolute atomic E-state index is 11.7. The third-order valence-electron chi connectivity index (χ3n) is 3.50. The van der Waals surface area contributed by atoms with Crippen molar-refractivity contribution in [2.24, 2.45) is 0 Å². The largest absolute Gasteiger partial charge is 0.452 e. The van der Waals surface area contributed by atoms with Crippen LogP contribution in [0.5, 0.6) is 0 Å². The number of nitriles is 1. The summed E-state index contributed by atoms with van der Waals surface area (Å²) in [7, 11) is 2.97. The second kappa shape index (κ2) is 5.77. The van der Waals surface area contributed by atoms with E-state index in [-0.39, 0.29) is 0 Å². The molecule has 114 valence electrons. The number of hydrogen-bond donors (Lipinski definition) is 0. The molecule has 2 aromatic heterocycles. The molecule has 0 aliphatic carbocycles. The van der Waals surface area contributed by atoms with Crippen LogP contribution < -0.4 is 4.90 Å². The Labute approximate surface area is 132 Å². The van der Waals surface area contributed by atoms with Gasteiger partial charge in [-0.3, -0.25) is 4.90 Å². The lowest BCUT2D eigenvalue weighted by Crippen LogP contribution is -2.25. The summed E-state index contributed by atoms with van der Waals surface area (Å²) in [6.45, 7) is 0. The standard InChI is InChI=1S/C16H13N5O2/c1-20(16(22)23-2)13-5-3-4-11(8-13)14-6-7-18-15-12(9-17)10-19-21(14)15/h3-8,10H,1-2H3. The molecule has 0 fully saturated rings. The number of benzene rings is 1. The van der Waals surface area contributed by atoms with Gasteiger partial charge in [-0.1, -0.05) is 12.1 Å². The lowest BCUT2D eigenvalue weighted by Gasteiger charge is -2.16. The molecule has 3 rings (SSSR count). The molecular formula is C16H13N5O2. The molecule has 0 spiro atoms. The zero-order valence-electron chi connectivity index (χ0n) is 12.6. The fourth-order valence-corrected chi connectivity index (χ4v) is 2.31. The minimum absolute atomic E-state index is 0.412. The van der Waals surface area contributed by atoms with Crippen LogP contribution in [0.15, 0.2) is 42.7 Å². The number of nitrogens with zero attached hydrogens (tertiary/aromatic N) is 5. The highest BCUT2D eigenvalue weighted by molar-refractivity contribution is 5.88. The summed E-state index contributed by atoms with van der Waals surface area (Å²) in [5, 5.41) is 13.3. The van der Waals surface area contributed by atoms with E-state index in [0.717, 1.165) is 11.3 Å². The summed E-state index contributed by atoms with van der Waals surface area (Å²) in [6.07, 6.45) is 2.66. The first-order valence-electron chi connectivity index (χ1n) is 6.80. The van der Waals surface area contributed by atoms with Gasteiger partial charge in [-0.2, -0.15) is 10.4 Å². The van der Waals surface area contributed by atoms with Crippen molar-refractivity contribution in [3.63, 3.8) is 0 Å². The Hall–Kier alpha value is -3.40. The van der Waals surface area contributed by atoms with Crippen LogP contribution in [0.25, 0.3) is 16.9 Å². The number of hydrogen-bond acceptors (Lipinski definition) is 5. The highest BCUT2D eigenvalue weighted by Gasteiger charge is 2.13. The van der Waals surface area contributed by atoms with E-state index in [1.165, 1.54) is 18.2 Å². The Morgan fingerprint density at radius 1 is 1.39 bits per heavy atom. The fraction of sp³-hybridized carbons (Fsp3) is 0.125. The number of rotatable bonds is 2. The van der Waals surface area contributed by atoms with Crippen LogP contribution >= 0.6 is 0 Å². The topological polar surface area (TPSA) is 83.5 Å². The van der Waals surface area contributed by atoms with E-state index in [0.29, 0.717) is 16.9 Å². The lowest BCUT2D eigenvalue weighted by molar-refractivity contribution is 0.180. The monoisotopic (exact) mass is 307 g/mol. The number of anilines is 1. The summed E-state index contributed by atoms with van der Waals surface area (Å²) in [4.78, 5) is 17.3. The molecule has 7 nitrogen and oxygen atoms in total. The molecule has 0 aliphatic rings. The van der Waals surface area contributed by atoms with Crippen molar-refractivity contribution in [1.82, 2.24) is 14.6 Å². The van der Waals surface area contributed by atoms with Crippen LogP contribution in [0.1, 0.15) is 5.56 Å². The number of carbonyl (C=O) groups excluding carboxylic acids is 1. The molecule has 0 saturated heterocycles. The van der Waals surface area contributed by atoms with Gasteiger partial charge < -0.3 is 4.74 Å². The van der Waals surface area contributed by atoms with Crippen LogP contribution in [0.4, 0.5) is 10.5 Å². The number of fused-ring (bicyclic) bond motifs is 1. The Bertz CT molecular complexity index is 926. The molecule has 0 bridgehead atoms. The van der Waals surface area contributed by atoms with Crippen molar-refractivity contribution < 1.29 is 9.53 Å². The van der Waals surface area contributed by atoms with E-state index in [9.17, 15) is 4.79 Å². The van der Waals surface area contributed by atoms with E-state index >= 15 is 0 Å². The van der Waals surface area contributed by atoms with Crippen LogP contribution in [0.2, 0.25) is 0 Å². The number of amides is 1. The maximum Gasteiger partial charge on any atom is 0.413 e. The van der Waals surface area contributed by atoms with Gasteiger partial charge in [0.25, 0.3) is 0 Å². The first kappa shape index (κ1) is 14.5. The highest BCUT2D eigenvalue weighted by Crippen LogP contribution is 2.25. The first-order valence-corrected chi connectivity index (χ1v) is 6.80. The highest BCUT2D eigenvalue weighted by atomic mass is 16.5. The molecule has 1 aromatic carbocycles. The number of aromatic nitrogens is 3. The number of methoxy groups -OCH3 is 1. The Balaban J connectivity index is 2.11. The maximum atomic E-state index is 11.7. The third-order valence-corrected chi connectivity index (χ3v) is 3.50. The van der Waals surface area contributed by atoms with Crippen LogP contribution in [0.3, 0.4) is 0 Å². The summed E-state index contributed by atoms with van der Waals surface area (Å²) in [6, 6.07) is 11.3. The van der Waals surface area contributed by atoms with E-state index < -0.39 is 6.09 Å². The summed E-state index contributed by atoms with van der Waals surface area (Å²) < 4.78 is 6.33. The predicted molar refractivity (Wildman–Crippen MR) is 83.9 cm³/mol. The van der Waals surface area contributed by atoms with Crippen molar-refractivity contribution in [3.05, 3.63) is 48.3 Å². The van der Waals surface area contributed by atoms with Crippen molar-refractivity contribution in [2.75, 3.05) is 19.1 Å². The Morgan fingerprint density at radius 2 is 2.22 bits per heavy atom. The van der Waals surface area contributed by atoms with Crippen molar-refractivity contribution in [1.29, 1.82) is 5.26 Å². The Morgan fingerprint density at radius 3 is 2.96 bits per heavy atom. The normalized spacial score (nSPS) is 10.3. The van der Waals surface area contributed by atoms with Gasteiger partial charge in [0.1, 0.15) is 11.6 Å². The minimum atomic E-state index is -0.451. The lowest BCUT2D eigenvalue weighted by atomic mass is 10.1. The average molecular weight is 307 g/mol. The third kappa shape index (κ3) is 2.46. The smallest absolute Gasteiger partial charge is 0.413 e. The summed E-state index contributed by atoms with van der Waals surface area (Å²) in [5.74, 6) is 0. The van der Waals surface area contributed by atoms with E-state index in [1.807, 2.05) is 24.3 Å². The minimum Gasteiger partial charge on any atom is -0.452 e. The predicted octanol–water partition coefficient (Wildman–Crippen LogP) is 2.47. The van der Waals surface area contributed by atoms with Crippen LogP contribution in [-0.4, -0.2) is 34.8 Å². The number of ether oxygens (including phenoxy) is 1. The van der Waals surface area contributed by atoms with Crippen LogP contribution in [-0.2, 0) is 4.74 Å². The summed E-state index contributed by atoms with van der Waals surface area (Å²) in [5.41, 5.74) is 3.22. The second-order valence-electron chi connectivity index (χ2n) is 4.81. The van der Waals surface area contributed by atoms with E-state index in [1.54, 1.807) is 23.8 Å². The zero-order chi connectivity index (χ0) is 16.4. The van der Waals surface area contributed by atoms with Gasteiger partial charge in [-0.05, 0) is 18.2 Å². The molecule has 3 aromatic rings. The molecule has 2 heterocycles. The van der Waals surface area contributed by atoms with Crippen molar-refractivity contribution >= 4 is 17.4 Å². The molecule has 7 heteroatoms. The Kier molecular flexibility index (Phi) is 3.65. The first-order chi connectivity index (χ1) is 11.2. The molecule has 0 aliphatic heterocycles. The van der Waals surface area contributed by atoms with E-state index in [4.69, 9.17) is 10.00 Å². The SMILES string of the molecule is COC(=O)N(C)c1cccc(-c2ccnc3c(C#N)cnn23)c1. The van der Waals surface area contributed by atoms with Gasteiger partial charge in [0.2, 0.25) is 0 Å².